The van der Waals surface area contributed by atoms with E-state index >= 15 is 0 Å². The van der Waals surface area contributed by atoms with Crippen LogP contribution in [0.25, 0.3) is 5.65 Å². The van der Waals surface area contributed by atoms with Crippen molar-refractivity contribution in [1.82, 2.24) is 29.6 Å². The number of fused-ring (bicyclic) bond motifs is 1. The van der Waals surface area contributed by atoms with E-state index in [2.05, 4.69) is 26.9 Å². The molecule has 0 spiro atoms. The van der Waals surface area contributed by atoms with Gasteiger partial charge in [-0.3, -0.25) is 9.69 Å². The molecule has 160 valence electrons. The summed E-state index contributed by atoms with van der Waals surface area (Å²) in [5.74, 6) is 1.96. The van der Waals surface area contributed by atoms with E-state index in [0.29, 0.717) is 12.8 Å². The van der Waals surface area contributed by atoms with E-state index in [4.69, 9.17) is 5.10 Å². The van der Waals surface area contributed by atoms with Crippen molar-refractivity contribution in [2.24, 2.45) is 0 Å². The van der Waals surface area contributed by atoms with Gasteiger partial charge in [-0.25, -0.2) is 0 Å². The number of carbonyl (C=O) groups is 1. The smallest absolute Gasteiger partial charge is 0.223 e. The van der Waals surface area contributed by atoms with E-state index < -0.39 is 0 Å². The van der Waals surface area contributed by atoms with Crippen molar-refractivity contribution in [2.45, 2.75) is 45.4 Å². The van der Waals surface area contributed by atoms with Gasteiger partial charge in [0, 0.05) is 52.1 Å². The third kappa shape index (κ3) is 5.17. The Kier molecular flexibility index (Phi) is 7.66. The van der Waals surface area contributed by atoms with Crippen LogP contribution in [0.15, 0.2) is 12.1 Å². The average Bonchev–Trinajstić information content (AvgIpc) is 3.15. The van der Waals surface area contributed by atoms with Crippen molar-refractivity contribution in [1.29, 1.82) is 0 Å². The number of carbonyl (C=O) groups excluding carboxylic acids is 1. The predicted octanol–water partition coefficient (Wildman–Crippen LogP) is 2.02. The zero-order valence-corrected chi connectivity index (χ0v) is 18.1. The normalized spacial score (nSPS) is 18.1. The minimum atomic E-state index is 0. The van der Waals surface area contributed by atoms with Crippen LogP contribution in [-0.2, 0) is 11.2 Å². The van der Waals surface area contributed by atoms with Crippen LogP contribution in [0.3, 0.4) is 0 Å². The molecule has 0 aliphatic carbocycles. The summed E-state index contributed by atoms with van der Waals surface area (Å²) in [7, 11) is 0. The number of halogens is 1. The number of nitrogens with zero attached hydrogens (tertiary/aromatic N) is 7. The van der Waals surface area contributed by atoms with Crippen molar-refractivity contribution < 1.29 is 4.79 Å². The molecule has 0 unspecified atom stereocenters. The van der Waals surface area contributed by atoms with Gasteiger partial charge in [0.15, 0.2) is 11.5 Å². The Bertz CT molecular complexity index is 797. The third-order valence-corrected chi connectivity index (χ3v) is 5.82. The number of hydrogen-bond acceptors (Lipinski definition) is 6. The van der Waals surface area contributed by atoms with Crippen LogP contribution >= 0.6 is 12.4 Å². The Morgan fingerprint density at radius 3 is 2.48 bits per heavy atom. The standard InChI is InChI=1S/C20H31N7O.ClH/c1-2-10-24-13-15-26(16-14-24)20(28)9-8-18-22-21-17-6-7-19(23-27(17)18)25-11-4-3-5-12-25;/h6-7H,2-5,8-16H2,1H3;1H. The fraction of sp³-hybridized carbons (Fsp3) is 0.700. The average molecular weight is 422 g/mol. The van der Waals surface area contributed by atoms with Crippen LogP contribution < -0.4 is 4.90 Å². The van der Waals surface area contributed by atoms with Crippen LogP contribution in [0.4, 0.5) is 5.82 Å². The Labute approximate surface area is 178 Å². The molecule has 2 saturated heterocycles. The highest BCUT2D eigenvalue weighted by Gasteiger charge is 2.21. The molecule has 4 rings (SSSR count). The molecule has 0 saturated carbocycles. The van der Waals surface area contributed by atoms with Crippen LogP contribution in [0.1, 0.15) is 44.9 Å². The summed E-state index contributed by atoms with van der Waals surface area (Å²) < 4.78 is 1.82. The second kappa shape index (κ2) is 10.2. The minimum absolute atomic E-state index is 0. The van der Waals surface area contributed by atoms with Crippen LogP contribution in [0.5, 0.6) is 0 Å². The molecule has 8 nitrogen and oxygen atoms in total. The number of anilines is 1. The monoisotopic (exact) mass is 421 g/mol. The van der Waals surface area contributed by atoms with Gasteiger partial charge >= 0.3 is 0 Å². The van der Waals surface area contributed by atoms with Crippen LogP contribution in [0.2, 0.25) is 0 Å². The molecule has 2 fully saturated rings. The van der Waals surface area contributed by atoms with Crippen molar-refractivity contribution >= 4 is 29.8 Å². The van der Waals surface area contributed by atoms with E-state index in [0.717, 1.165) is 63.1 Å². The Hall–Kier alpha value is -1.93. The molecule has 2 aromatic rings. The topological polar surface area (TPSA) is 69.9 Å². The first-order valence-corrected chi connectivity index (χ1v) is 10.7. The zero-order chi connectivity index (χ0) is 19.3. The predicted molar refractivity (Wildman–Crippen MR) is 116 cm³/mol. The molecule has 1 amide bonds. The molecule has 2 aliphatic rings. The lowest BCUT2D eigenvalue weighted by Crippen LogP contribution is -2.48. The summed E-state index contributed by atoms with van der Waals surface area (Å²) in [4.78, 5) is 19.4. The Morgan fingerprint density at radius 1 is 1.00 bits per heavy atom. The number of hydrogen-bond donors (Lipinski definition) is 0. The van der Waals surface area contributed by atoms with Gasteiger partial charge in [-0.2, -0.15) is 4.52 Å². The molecule has 4 heterocycles. The first kappa shape index (κ1) is 21.8. The number of piperazine rings is 1. The van der Waals surface area contributed by atoms with E-state index in [1.165, 1.54) is 25.7 Å². The summed E-state index contributed by atoms with van der Waals surface area (Å²) in [5, 5.41) is 13.3. The molecule has 2 aromatic heterocycles. The molecular weight excluding hydrogens is 390 g/mol. The largest absolute Gasteiger partial charge is 0.355 e. The summed E-state index contributed by atoms with van der Waals surface area (Å²) in [5.41, 5.74) is 0.747. The van der Waals surface area contributed by atoms with Crippen molar-refractivity contribution in [3.8, 4) is 0 Å². The zero-order valence-electron chi connectivity index (χ0n) is 17.3. The third-order valence-electron chi connectivity index (χ3n) is 5.82. The molecule has 9 heteroatoms. The van der Waals surface area contributed by atoms with Gasteiger partial charge in [-0.1, -0.05) is 6.92 Å². The Balaban J connectivity index is 0.00000240. The first-order valence-electron chi connectivity index (χ1n) is 10.7. The lowest BCUT2D eigenvalue weighted by molar-refractivity contribution is -0.132. The van der Waals surface area contributed by atoms with E-state index in [1.807, 2.05) is 21.5 Å². The van der Waals surface area contributed by atoms with Crippen LogP contribution in [-0.4, -0.2) is 81.3 Å². The molecule has 0 aromatic carbocycles. The second-order valence-corrected chi connectivity index (χ2v) is 7.85. The summed E-state index contributed by atoms with van der Waals surface area (Å²) in [6.45, 7) is 9.05. The van der Waals surface area contributed by atoms with Crippen molar-refractivity contribution in [3.63, 3.8) is 0 Å². The maximum Gasteiger partial charge on any atom is 0.223 e. The second-order valence-electron chi connectivity index (χ2n) is 7.85. The summed E-state index contributed by atoms with van der Waals surface area (Å²) in [6.07, 6.45) is 5.94. The van der Waals surface area contributed by atoms with Gasteiger partial charge in [0.05, 0.1) is 0 Å². The molecule has 2 aliphatic heterocycles. The van der Waals surface area contributed by atoms with Gasteiger partial charge in [0.25, 0.3) is 0 Å². The fourth-order valence-electron chi connectivity index (χ4n) is 4.19. The van der Waals surface area contributed by atoms with E-state index in [9.17, 15) is 4.79 Å². The van der Waals surface area contributed by atoms with Crippen molar-refractivity contribution in [3.05, 3.63) is 18.0 Å². The summed E-state index contributed by atoms with van der Waals surface area (Å²) in [6, 6.07) is 4.00. The number of rotatable bonds is 6. The molecule has 0 radical (unpaired) electrons. The molecule has 29 heavy (non-hydrogen) atoms. The highest BCUT2D eigenvalue weighted by atomic mass is 35.5. The van der Waals surface area contributed by atoms with Gasteiger partial charge in [0.2, 0.25) is 5.91 Å². The first-order chi connectivity index (χ1) is 13.7. The number of amides is 1. The number of aryl methyl sites for hydroxylation is 1. The number of aromatic nitrogens is 4. The number of piperidine rings is 1. The maximum absolute atomic E-state index is 12.6. The lowest BCUT2D eigenvalue weighted by atomic mass is 10.1. The Morgan fingerprint density at radius 2 is 1.76 bits per heavy atom. The fourth-order valence-corrected chi connectivity index (χ4v) is 4.19. The molecule has 0 bridgehead atoms. The van der Waals surface area contributed by atoms with E-state index in [1.54, 1.807) is 0 Å². The van der Waals surface area contributed by atoms with Crippen LogP contribution in [0, 0.1) is 0 Å². The quantitative estimate of drug-likeness (QED) is 0.710. The highest BCUT2D eigenvalue weighted by molar-refractivity contribution is 5.85. The van der Waals surface area contributed by atoms with Gasteiger partial charge in [-0.05, 0) is 44.4 Å². The molecule has 0 atom stereocenters. The van der Waals surface area contributed by atoms with E-state index in [-0.39, 0.29) is 18.3 Å². The maximum atomic E-state index is 12.6. The van der Waals surface area contributed by atoms with Gasteiger partial charge in [-0.15, -0.1) is 27.7 Å². The minimum Gasteiger partial charge on any atom is -0.355 e. The molecule has 0 N–H and O–H groups in total. The molecular formula is C20H32ClN7O. The summed E-state index contributed by atoms with van der Waals surface area (Å²) >= 11 is 0. The lowest BCUT2D eigenvalue weighted by Gasteiger charge is -2.34. The van der Waals surface area contributed by atoms with Gasteiger partial charge in [0.1, 0.15) is 5.82 Å². The van der Waals surface area contributed by atoms with Gasteiger partial charge < -0.3 is 9.80 Å². The van der Waals surface area contributed by atoms with Crippen molar-refractivity contribution in [2.75, 3.05) is 50.7 Å². The highest BCUT2D eigenvalue weighted by Crippen LogP contribution is 2.18. The SMILES string of the molecule is CCCN1CCN(C(=O)CCc2nnc3ccc(N4CCCCC4)nn23)CC1.Cl.